The van der Waals surface area contributed by atoms with E-state index in [9.17, 15) is 4.79 Å². The first-order valence-corrected chi connectivity index (χ1v) is 14.7. The lowest BCUT2D eigenvalue weighted by atomic mass is 10.1. The molecule has 2 heterocycles. The van der Waals surface area contributed by atoms with Gasteiger partial charge < -0.3 is 4.79 Å². The quantitative estimate of drug-likeness (QED) is 0.225. The van der Waals surface area contributed by atoms with Crippen LogP contribution in [0, 0.1) is 20.8 Å². The van der Waals surface area contributed by atoms with Crippen LogP contribution in [0.5, 0.6) is 0 Å². The molecule has 0 N–H and O–H groups in total. The van der Waals surface area contributed by atoms with Gasteiger partial charge in [0.2, 0.25) is 0 Å². The second-order valence-corrected chi connectivity index (χ2v) is 10.0. The van der Waals surface area contributed by atoms with E-state index in [0.29, 0.717) is 6.42 Å². The van der Waals surface area contributed by atoms with E-state index < -0.39 is 0 Å². The Morgan fingerprint density at radius 1 is 0.917 bits per heavy atom. The first-order valence-electron chi connectivity index (χ1n) is 13.8. The van der Waals surface area contributed by atoms with E-state index in [1.54, 1.807) is 11.3 Å². The maximum absolute atomic E-state index is 10.1. The number of hydrogen-bond acceptors (Lipinski definition) is 4. The van der Waals surface area contributed by atoms with Gasteiger partial charge in [0.05, 0.1) is 4.88 Å². The zero-order valence-electron chi connectivity index (χ0n) is 24.0. The van der Waals surface area contributed by atoms with Crippen molar-refractivity contribution in [3.63, 3.8) is 0 Å². The van der Waals surface area contributed by atoms with Gasteiger partial charge in [-0.1, -0.05) is 90.1 Å². The number of benzene rings is 1. The van der Waals surface area contributed by atoms with Crippen molar-refractivity contribution < 1.29 is 4.79 Å². The highest BCUT2D eigenvalue weighted by Crippen LogP contribution is 2.43. The fourth-order valence-electron chi connectivity index (χ4n) is 3.78. The summed E-state index contributed by atoms with van der Waals surface area (Å²) in [6.07, 6.45) is 10.7. The van der Waals surface area contributed by atoms with E-state index in [1.807, 2.05) is 45.0 Å². The fraction of sp³-hybridized carbons (Fsp3) is 0.531. The lowest BCUT2D eigenvalue weighted by Crippen LogP contribution is -2.00. The average molecular weight is 509 g/mol. The van der Waals surface area contributed by atoms with E-state index in [2.05, 4.69) is 56.0 Å². The molecule has 1 aliphatic rings. The standard InChI is InChI=1S/C15H18N2S.C9H10O.C6H14.C2H6/c1-4-13-9(2)16-15(17-10(13)3)14-7-12(8-18-14)11-5-6-11;1-8-2-4-9(5-3-8)6-7-10;1-3-5-6-4-2;1-2/h7-8,11H,4-6H2,1-3H3;2-5,7H,6H2,1H3;3-6H2,1-2H3;1-2H3. The highest BCUT2D eigenvalue weighted by molar-refractivity contribution is 7.13. The molecule has 0 spiro atoms. The largest absolute Gasteiger partial charge is 0.303 e. The minimum absolute atomic E-state index is 0.528. The number of hydrogen-bond donors (Lipinski definition) is 0. The molecule has 3 nitrogen and oxygen atoms in total. The number of unbranched alkanes of at least 4 members (excludes halogenated alkanes) is 3. The van der Waals surface area contributed by atoms with Crippen molar-refractivity contribution in [2.24, 2.45) is 0 Å². The van der Waals surface area contributed by atoms with Crippen molar-refractivity contribution in [1.29, 1.82) is 0 Å². The van der Waals surface area contributed by atoms with Crippen LogP contribution < -0.4 is 0 Å². The molecule has 0 amide bonds. The first-order chi connectivity index (χ1) is 17.4. The third kappa shape index (κ3) is 11.2. The van der Waals surface area contributed by atoms with Crippen molar-refractivity contribution >= 4 is 17.6 Å². The summed E-state index contributed by atoms with van der Waals surface area (Å²) in [5.41, 5.74) is 7.34. The second-order valence-electron chi connectivity index (χ2n) is 9.13. The van der Waals surface area contributed by atoms with Crippen LogP contribution in [0.25, 0.3) is 10.7 Å². The molecule has 0 bridgehead atoms. The van der Waals surface area contributed by atoms with Gasteiger partial charge in [0.15, 0.2) is 5.82 Å². The fourth-order valence-corrected chi connectivity index (χ4v) is 4.71. The topological polar surface area (TPSA) is 42.9 Å². The predicted molar refractivity (Wildman–Crippen MR) is 158 cm³/mol. The number of aryl methyl sites for hydroxylation is 3. The van der Waals surface area contributed by atoms with Crippen LogP contribution in [0.3, 0.4) is 0 Å². The average Bonchev–Trinajstić information content (AvgIpc) is 3.62. The molecule has 1 saturated carbocycles. The van der Waals surface area contributed by atoms with Gasteiger partial charge in [-0.15, -0.1) is 11.3 Å². The van der Waals surface area contributed by atoms with Crippen molar-refractivity contribution in [2.75, 3.05) is 0 Å². The molecule has 1 fully saturated rings. The molecule has 1 aromatic carbocycles. The zero-order chi connectivity index (χ0) is 26.9. The molecule has 3 aromatic rings. The molecule has 0 saturated heterocycles. The van der Waals surface area contributed by atoms with Crippen LogP contribution in [-0.2, 0) is 17.6 Å². The Labute approximate surface area is 224 Å². The summed E-state index contributed by atoms with van der Waals surface area (Å²) in [6.45, 7) is 16.8. The lowest BCUT2D eigenvalue weighted by molar-refractivity contribution is -0.107. The summed E-state index contributed by atoms with van der Waals surface area (Å²) in [5.74, 6) is 1.71. The highest BCUT2D eigenvalue weighted by Gasteiger charge is 2.25. The van der Waals surface area contributed by atoms with Crippen LogP contribution in [0.15, 0.2) is 35.7 Å². The molecule has 198 valence electrons. The molecule has 4 heteroatoms. The SMILES string of the molecule is CC.CCCCCC.CCc1c(C)nc(-c2cc(C3CC3)cs2)nc1C.Cc1ccc(CC=O)cc1. The van der Waals surface area contributed by atoms with Gasteiger partial charge in [-0.3, -0.25) is 0 Å². The summed E-state index contributed by atoms with van der Waals surface area (Å²) in [7, 11) is 0. The normalized spacial score (nSPS) is 11.8. The van der Waals surface area contributed by atoms with Crippen molar-refractivity contribution in [3.05, 3.63) is 69.4 Å². The van der Waals surface area contributed by atoms with Gasteiger partial charge in [0, 0.05) is 17.8 Å². The lowest BCUT2D eigenvalue weighted by Gasteiger charge is -2.07. The summed E-state index contributed by atoms with van der Waals surface area (Å²) in [4.78, 5) is 20.6. The Morgan fingerprint density at radius 2 is 1.47 bits per heavy atom. The number of aromatic nitrogens is 2. The van der Waals surface area contributed by atoms with Crippen LogP contribution in [0.4, 0.5) is 0 Å². The van der Waals surface area contributed by atoms with E-state index in [4.69, 9.17) is 0 Å². The molecule has 0 radical (unpaired) electrons. The minimum Gasteiger partial charge on any atom is -0.303 e. The van der Waals surface area contributed by atoms with Crippen LogP contribution in [0.1, 0.15) is 113 Å². The maximum Gasteiger partial charge on any atom is 0.169 e. The van der Waals surface area contributed by atoms with Gasteiger partial charge in [-0.25, -0.2) is 9.97 Å². The summed E-state index contributed by atoms with van der Waals surface area (Å²) < 4.78 is 0. The highest BCUT2D eigenvalue weighted by atomic mass is 32.1. The number of aldehydes is 1. The van der Waals surface area contributed by atoms with Crippen LogP contribution in [0.2, 0.25) is 0 Å². The molecule has 0 atom stereocenters. The molecule has 1 aliphatic carbocycles. The van der Waals surface area contributed by atoms with Crippen molar-refractivity contribution in [3.8, 4) is 10.7 Å². The summed E-state index contributed by atoms with van der Waals surface area (Å²) >= 11 is 1.78. The Bertz CT molecular complexity index is 976. The summed E-state index contributed by atoms with van der Waals surface area (Å²) in [6, 6.07) is 10.3. The van der Waals surface area contributed by atoms with Crippen LogP contribution >= 0.6 is 11.3 Å². The van der Waals surface area contributed by atoms with Crippen LogP contribution in [-0.4, -0.2) is 16.3 Å². The molecule has 4 rings (SSSR count). The summed E-state index contributed by atoms with van der Waals surface area (Å²) in [5, 5.41) is 2.27. The Morgan fingerprint density at radius 3 is 1.92 bits per heavy atom. The predicted octanol–water partition coefficient (Wildman–Crippen LogP) is 9.61. The van der Waals surface area contributed by atoms with Crippen molar-refractivity contribution in [2.45, 2.75) is 113 Å². The molecule has 2 aromatic heterocycles. The zero-order valence-corrected chi connectivity index (χ0v) is 24.8. The van der Waals surface area contributed by atoms with Crippen molar-refractivity contribution in [1.82, 2.24) is 9.97 Å². The van der Waals surface area contributed by atoms with Gasteiger partial charge in [0.25, 0.3) is 0 Å². The van der Waals surface area contributed by atoms with Gasteiger partial charge in [0.1, 0.15) is 6.29 Å². The Balaban J connectivity index is 0.000000305. The number of carbonyl (C=O) groups excluding carboxylic acids is 1. The third-order valence-corrected chi connectivity index (χ3v) is 7.00. The molecular weight excluding hydrogens is 460 g/mol. The first kappa shape index (κ1) is 31.7. The third-order valence-electron chi connectivity index (χ3n) is 6.06. The van der Waals surface area contributed by atoms with E-state index in [1.165, 1.54) is 60.1 Å². The number of thiophene rings is 1. The molecule has 36 heavy (non-hydrogen) atoms. The van der Waals surface area contributed by atoms with Gasteiger partial charge in [-0.05, 0) is 74.1 Å². The monoisotopic (exact) mass is 508 g/mol. The maximum atomic E-state index is 10.1. The number of nitrogens with zero attached hydrogens (tertiary/aromatic N) is 2. The van der Waals surface area contributed by atoms with Gasteiger partial charge >= 0.3 is 0 Å². The number of carbonyl (C=O) groups is 1. The molecule has 0 aliphatic heterocycles. The molecular formula is C32H48N2OS. The Hall–Kier alpha value is -2.33. The Kier molecular flexibility index (Phi) is 15.8. The minimum atomic E-state index is 0.528. The second kappa shape index (κ2) is 18.0. The van der Waals surface area contributed by atoms with E-state index in [-0.39, 0.29) is 0 Å². The number of rotatable bonds is 8. The van der Waals surface area contributed by atoms with E-state index >= 15 is 0 Å². The molecule has 0 unspecified atom stereocenters. The van der Waals surface area contributed by atoms with Gasteiger partial charge in [-0.2, -0.15) is 0 Å². The smallest absolute Gasteiger partial charge is 0.169 e. The van der Waals surface area contributed by atoms with E-state index in [0.717, 1.165) is 41.4 Å².